The van der Waals surface area contributed by atoms with Gasteiger partial charge in [-0.05, 0) is 58.7 Å². The van der Waals surface area contributed by atoms with Crippen LogP contribution in [0.15, 0.2) is 54.6 Å². The second-order valence-electron chi connectivity index (χ2n) is 8.52. The van der Waals surface area contributed by atoms with Gasteiger partial charge in [-0.1, -0.05) is 12.1 Å². The van der Waals surface area contributed by atoms with Crippen LogP contribution in [-0.2, 0) is 44.8 Å². The van der Waals surface area contributed by atoms with Crippen LogP contribution in [0.3, 0.4) is 0 Å². The van der Waals surface area contributed by atoms with Crippen LogP contribution in [0, 0.1) is 11.6 Å². The third-order valence-corrected chi connectivity index (χ3v) is 5.71. The minimum absolute atomic E-state index is 0.0356. The van der Waals surface area contributed by atoms with E-state index in [1.165, 1.54) is 20.3 Å². The Morgan fingerprint density at radius 2 is 1.56 bits per heavy atom. The Morgan fingerprint density at radius 3 is 2.21 bits per heavy atom. The number of nitrogens with one attached hydrogen (secondary N) is 1. The van der Waals surface area contributed by atoms with Gasteiger partial charge in [0.2, 0.25) is 0 Å². The molecule has 39 heavy (non-hydrogen) atoms. The van der Waals surface area contributed by atoms with E-state index in [1.807, 2.05) is 0 Å². The number of carbonyl (C=O) groups excluding carboxylic acids is 2. The number of rotatable bonds is 11. The van der Waals surface area contributed by atoms with E-state index in [4.69, 9.17) is 14.2 Å². The Hall–Kier alpha value is -3.99. The molecule has 11 heteroatoms. The van der Waals surface area contributed by atoms with Crippen molar-refractivity contribution in [3.63, 3.8) is 0 Å². The Balaban J connectivity index is 1.74. The van der Waals surface area contributed by atoms with E-state index in [0.717, 1.165) is 24.3 Å². The van der Waals surface area contributed by atoms with Gasteiger partial charge in [-0.2, -0.15) is 13.2 Å². The van der Waals surface area contributed by atoms with Gasteiger partial charge in [0.15, 0.2) is 0 Å². The van der Waals surface area contributed by atoms with Crippen LogP contribution in [0.1, 0.15) is 28.7 Å². The van der Waals surface area contributed by atoms with Gasteiger partial charge in [0.05, 0.1) is 32.6 Å². The molecule has 1 N–H and O–H groups in total. The normalized spacial score (nSPS) is 11.3. The molecule has 208 valence electrons. The third-order valence-electron chi connectivity index (χ3n) is 5.71. The molecule has 3 aromatic carbocycles. The van der Waals surface area contributed by atoms with Gasteiger partial charge in [-0.3, -0.25) is 9.59 Å². The first-order valence-corrected chi connectivity index (χ1v) is 11.8. The zero-order valence-corrected chi connectivity index (χ0v) is 21.2. The summed E-state index contributed by atoms with van der Waals surface area (Å²) in [6, 6.07) is 11.0. The largest absolute Gasteiger partial charge is 0.496 e. The standard InChI is InChI=1S/C28H26F5NO5/c1-37-25-6-3-17(12-27(36)38-2)11-24(25)23-5-4-20(28(31,32)33)13-19(23)15-34-8-7-26(35)39-16-18-9-21(29)14-22(30)10-18/h3-6,9-11,13-14,34H,7-8,12,15-16H2,1-2H3. The maximum atomic E-state index is 13.5. The van der Waals surface area contributed by atoms with E-state index < -0.39 is 35.3 Å². The summed E-state index contributed by atoms with van der Waals surface area (Å²) in [6.45, 7) is -0.301. The van der Waals surface area contributed by atoms with E-state index in [-0.39, 0.29) is 43.7 Å². The lowest BCUT2D eigenvalue weighted by Gasteiger charge is -2.17. The van der Waals surface area contributed by atoms with Crippen molar-refractivity contribution in [2.45, 2.75) is 32.2 Å². The molecule has 0 saturated heterocycles. The summed E-state index contributed by atoms with van der Waals surface area (Å²) in [6.07, 6.45) is -4.75. The lowest BCUT2D eigenvalue weighted by Crippen LogP contribution is -2.20. The molecule has 0 radical (unpaired) electrons. The first kappa shape index (κ1) is 29.6. The van der Waals surface area contributed by atoms with Gasteiger partial charge in [0, 0.05) is 24.7 Å². The molecule has 0 aliphatic carbocycles. The summed E-state index contributed by atoms with van der Waals surface area (Å²) in [5.74, 6) is -2.34. The maximum absolute atomic E-state index is 13.5. The van der Waals surface area contributed by atoms with Gasteiger partial charge >= 0.3 is 18.1 Å². The van der Waals surface area contributed by atoms with Gasteiger partial charge in [0.1, 0.15) is 24.0 Å². The summed E-state index contributed by atoms with van der Waals surface area (Å²) in [4.78, 5) is 23.8. The summed E-state index contributed by atoms with van der Waals surface area (Å²) < 4.78 is 82.0. The van der Waals surface area contributed by atoms with Crippen LogP contribution in [0.2, 0.25) is 0 Å². The molecule has 0 aliphatic rings. The molecule has 3 rings (SSSR count). The SMILES string of the molecule is COC(=O)Cc1ccc(OC)c(-c2ccc(C(F)(F)F)cc2CNCCC(=O)OCc2cc(F)cc(F)c2)c1. The Bertz CT molecular complexity index is 1310. The van der Waals surface area contributed by atoms with Crippen molar-refractivity contribution in [3.05, 3.63) is 88.5 Å². The number of hydrogen-bond acceptors (Lipinski definition) is 6. The smallest absolute Gasteiger partial charge is 0.416 e. The molecule has 6 nitrogen and oxygen atoms in total. The van der Waals surface area contributed by atoms with E-state index in [9.17, 15) is 31.5 Å². The average molecular weight is 552 g/mol. The van der Waals surface area contributed by atoms with Crippen molar-refractivity contribution < 1.29 is 45.8 Å². The quantitative estimate of drug-likeness (QED) is 0.190. The first-order chi connectivity index (χ1) is 18.5. The number of hydrogen-bond donors (Lipinski definition) is 1. The van der Waals surface area contributed by atoms with Crippen molar-refractivity contribution in [3.8, 4) is 16.9 Å². The van der Waals surface area contributed by atoms with Crippen LogP contribution in [0.25, 0.3) is 11.1 Å². The number of alkyl halides is 3. The maximum Gasteiger partial charge on any atom is 0.416 e. The van der Waals surface area contributed by atoms with Crippen LogP contribution in [0.4, 0.5) is 22.0 Å². The highest BCUT2D eigenvalue weighted by Gasteiger charge is 2.31. The van der Waals surface area contributed by atoms with Crippen LogP contribution in [0.5, 0.6) is 5.75 Å². The van der Waals surface area contributed by atoms with Gasteiger partial charge in [-0.25, -0.2) is 8.78 Å². The molecule has 0 heterocycles. The molecule has 0 amide bonds. The minimum atomic E-state index is -4.58. The number of benzene rings is 3. The Morgan fingerprint density at radius 1 is 0.846 bits per heavy atom. The number of methoxy groups -OCH3 is 2. The molecular formula is C28H26F5NO5. The van der Waals surface area contributed by atoms with Crippen molar-refractivity contribution in [2.24, 2.45) is 0 Å². The highest BCUT2D eigenvalue weighted by Crippen LogP contribution is 2.37. The van der Waals surface area contributed by atoms with Crippen molar-refractivity contribution in [2.75, 3.05) is 20.8 Å². The van der Waals surface area contributed by atoms with E-state index in [1.54, 1.807) is 18.2 Å². The molecule has 0 atom stereocenters. The Labute approximate surface area is 221 Å². The zero-order chi connectivity index (χ0) is 28.6. The molecule has 0 aliphatic heterocycles. The number of halogens is 5. The highest BCUT2D eigenvalue weighted by molar-refractivity contribution is 5.77. The van der Waals surface area contributed by atoms with E-state index in [0.29, 0.717) is 28.5 Å². The summed E-state index contributed by atoms with van der Waals surface area (Å²) in [7, 11) is 2.67. The number of esters is 2. The molecule has 3 aromatic rings. The molecule has 0 fully saturated rings. The fourth-order valence-electron chi connectivity index (χ4n) is 3.84. The molecule has 0 aromatic heterocycles. The molecular weight excluding hydrogens is 525 g/mol. The first-order valence-electron chi connectivity index (χ1n) is 11.8. The highest BCUT2D eigenvalue weighted by atomic mass is 19.4. The minimum Gasteiger partial charge on any atom is -0.496 e. The second-order valence-corrected chi connectivity index (χ2v) is 8.52. The Kier molecular flexibility index (Phi) is 10.00. The van der Waals surface area contributed by atoms with E-state index in [2.05, 4.69) is 5.32 Å². The fourth-order valence-corrected chi connectivity index (χ4v) is 3.84. The van der Waals surface area contributed by atoms with Gasteiger partial charge < -0.3 is 19.5 Å². The predicted octanol–water partition coefficient (Wildman–Crippen LogP) is 5.60. The second kappa shape index (κ2) is 13.2. The molecule has 0 bridgehead atoms. The van der Waals surface area contributed by atoms with Gasteiger partial charge in [0.25, 0.3) is 0 Å². The van der Waals surface area contributed by atoms with Crippen molar-refractivity contribution >= 4 is 11.9 Å². The fraction of sp³-hybridized carbons (Fsp3) is 0.286. The molecule has 0 spiro atoms. The zero-order valence-electron chi connectivity index (χ0n) is 21.2. The van der Waals surface area contributed by atoms with Crippen molar-refractivity contribution in [1.29, 1.82) is 0 Å². The number of carbonyl (C=O) groups is 2. The van der Waals surface area contributed by atoms with Crippen LogP contribution in [-0.4, -0.2) is 32.7 Å². The topological polar surface area (TPSA) is 73.9 Å². The van der Waals surface area contributed by atoms with Crippen LogP contribution >= 0.6 is 0 Å². The van der Waals surface area contributed by atoms with E-state index >= 15 is 0 Å². The van der Waals surface area contributed by atoms with Crippen LogP contribution < -0.4 is 10.1 Å². The third kappa shape index (κ3) is 8.51. The average Bonchev–Trinajstić information content (AvgIpc) is 2.88. The van der Waals surface area contributed by atoms with Gasteiger partial charge in [-0.15, -0.1) is 0 Å². The number of ether oxygens (including phenoxy) is 3. The summed E-state index contributed by atoms with van der Waals surface area (Å²) in [5, 5.41) is 2.93. The van der Waals surface area contributed by atoms with Crippen molar-refractivity contribution in [1.82, 2.24) is 5.32 Å². The lowest BCUT2D eigenvalue weighted by molar-refractivity contribution is -0.145. The molecule has 0 unspecified atom stereocenters. The predicted molar refractivity (Wildman–Crippen MR) is 132 cm³/mol. The summed E-state index contributed by atoms with van der Waals surface area (Å²) >= 11 is 0. The monoisotopic (exact) mass is 551 g/mol. The molecule has 0 saturated carbocycles. The summed E-state index contributed by atoms with van der Waals surface area (Å²) in [5.41, 5.74) is 1.07. The lowest BCUT2D eigenvalue weighted by atomic mass is 9.94.